The maximum Gasteiger partial charge on any atom is 0.416 e. The van der Waals surface area contributed by atoms with E-state index in [4.69, 9.17) is 21.1 Å². The Hall–Kier alpha value is -1.43. The third-order valence-corrected chi connectivity index (χ3v) is 3.56. The highest BCUT2D eigenvalue weighted by atomic mass is 35.5. The molecule has 0 aromatic heterocycles. The Kier molecular flexibility index (Phi) is 4.66. The van der Waals surface area contributed by atoms with E-state index in [-0.39, 0.29) is 28.8 Å². The standard InChI is InChI=1S/C14H14ClF3O3/c1-2-20-13(19)8-5-10(6-8)21-12-4-3-9(7-11(12)15)14(16,17)18/h3-4,7-8,10H,2,5-6H2,1H3. The first-order valence-electron chi connectivity index (χ1n) is 6.51. The predicted molar refractivity (Wildman–Crippen MR) is 70.2 cm³/mol. The van der Waals surface area contributed by atoms with Crippen molar-refractivity contribution in [1.82, 2.24) is 0 Å². The van der Waals surface area contributed by atoms with E-state index in [1.165, 1.54) is 6.07 Å². The number of alkyl halides is 3. The van der Waals surface area contributed by atoms with Crippen LogP contribution in [0, 0.1) is 5.92 Å². The normalized spacial score (nSPS) is 21.6. The second-order valence-corrected chi connectivity index (χ2v) is 5.21. The molecule has 0 radical (unpaired) electrons. The second kappa shape index (κ2) is 6.13. The summed E-state index contributed by atoms with van der Waals surface area (Å²) in [6.45, 7) is 2.05. The van der Waals surface area contributed by atoms with Gasteiger partial charge in [-0.05, 0) is 38.0 Å². The summed E-state index contributed by atoms with van der Waals surface area (Å²) in [5.74, 6) is -0.281. The van der Waals surface area contributed by atoms with Crippen LogP contribution in [0.3, 0.4) is 0 Å². The summed E-state index contributed by atoms with van der Waals surface area (Å²) < 4.78 is 47.9. The number of esters is 1. The lowest BCUT2D eigenvalue weighted by molar-refractivity contribution is -0.154. The topological polar surface area (TPSA) is 35.5 Å². The van der Waals surface area contributed by atoms with Gasteiger partial charge in [-0.25, -0.2) is 0 Å². The van der Waals surface area contributed by atoms with Gasteiger partial charge >= 0.3 is 12.1 Å². The first-order valence-corrected chi connectivity index (χ1v) is 6.89. The van der Waals surface area contributed by atoms with Crippen LogP contribution < -0.4 is 4.74 Å². The average Bonchev–Trinajstić information content (AvgIpc) is 2.33. The van der Waals surface area contributed by atoms with Crippen LogP contribution in [0.5, 0.6) is 5.75 Å². The van der Waals surface area contributed by atoms with Gasteiger partial charge in [-0.1, -0.05) is 11.6 Å². The summed E-state index contributed by atoms with van der Waals surface area (Å²) in [6.07, 6.45) is -3.70. The molecule has 0 atom stereocenters. The molecule has 0 saturated heterocycles. The van der Waals surface area contributed by atoms with Crippen molar-refractivity contribution in [2.45, 2.75) is 32.0 Å². The molecule has 7 heteroatoms. The Bertz CT molecular complexity index is 525. The van der Waals surface area contributed by atoms with Crippen LogP contribution in [-0.2, 0) is 15.7 Å². The van der Waals surface area contributed by atoms with E-state index in [1.54, 1.807) is 6.92 Å². The van der Waals surface area contributed by atoms with E-state index in [9.17, 15) is 18.0 Å². The quantitative estimate of drug-likeness (QED) is 0.784. The van der Waals surface area contributed by atoms with Crippen LogP contribution >= 0.6 is 11.6 Å². The number of hydrogen-bond acceptors (Lipinski definition) is 3. The Morgan fingerprint density at radius 2 is 2.05 bits per heavy atom. The Morgan fingerprint density at radius 3 is 2.57 bits per heavy atom. The number of ether oxygens (including phenoxy) is 2. The highest BCUT2D eigenvalue weighted by molar-refractivity contribution is 6.32. The maximum absolute atomic E-state index is 12.5. The van der Waals surface area contributed by atoms with Gasteiger partial charge in [0.2, 0.25) is 0 Å². The molecule has 2 rings (SSSR count). The van der Waals surface area contributed by atoms with Gasteiger partial charge in [-0.15, -0.1) is 0 Å². The number of carbonyl (C=O) groups excluding carboxylic acids is 1. The first kappa shape index (κ1) is 15.9. The van der Waals surface area contributed by atoms with Crippen molar-refractivity contribution in [1.29, 1.82) is 0 Å². The summed E-state index contributed by atoms with van der Waals surface area (Å²) in [5, 5.41) is -0.0931. The molecule has 1 aliphatic carbocycles. The molecule has 1 aliphatic rings. The zero-order chi connectivity index (χ0) is 15.6. The van der Waals surface area contributed by atoms with Gasteiger partial charge in [0.15, 0.2) is 0 Å². The summed E-state index contributed by atoms with van der Waals surface area (Å²) >= 11 is 5.79. The lowest BCUT2D eigenvalue weighted by atomic mass is 9.82. The summed E-state index contributed by atoms with van der Waals surface area (Å²) in [4.78, 5) is 11.4. The van der Waals surface area contributed by atoms with Crippen LogP contribution in [-0.4, -0.2) is 18.7 Å². The van der Waals surface area contributed by atoms with Crippen molar-refractivity contribution in [3.8, 4) is 5.75 Å². The predicted octanol–water partition coefficient (Wildman–Crippen LogP) is 4.08. The van der Waals surface area contributed by atoms with E-state index in [0.717, 1.165) is 12.1 Å². The van der Waals surface area contributed by atoms with E-state index < -0.39 is 11.7 Å². The van der Waals surface area contributed by atoms with Crippen molar-refractivity contribution < 1.29 is 27.4 Å². The molecule has 0 N–H and O–H groups in total. The summed E-state index contributed by atoms with van der Waals surface area (Å²) in [5.41, 5.74) is -0.821. The van der Waals surface area contributed by atoms with E-state index in [0.29, 0.717) is 19.4 Å². The minimum Gasteiger partial charge on any atom is -0.489 e. The number of rotatable bonds is 4. The molecule has 21 heavy (non-hydrogen) atoms. The molecule has 116 valence electrons. The molecule has 1 aromatic rings. The van der Waals surface area contributed by atoms with Gasteiger partial charge in [0.25, 0.3) is 0 Å². The van der Waals surface area contributed by atoms with Crippen molar-refractivity contribution in [2.24, 2.45) is 5.92 Å². The summed E-state index contributed by atoms with van der Waals surface area (Å²) in [6, 6.07) is 2.95. The minimum atomic E-state index is -4.44. The SMILES string of the molecule is CCOC(=O)C1CC(Oc2ccc(C(F)(F)F)cc2Cl)C1. The number of halogens is 4. The fraction of sp³-hybridized carbons (Fsp3) is 0.500. The van der Waals surface area contributed by atoms with Crippen LogP contribution in [0.25, 0.3) is 0 Å². The highest BCUT2D eigenvalue weighted by Crippen LogP contribution is 2.38. The third kappa shape index (κ3) is 3.81. The van der Waals surface area contributed by atoms with Crippen LogP contribution in [0.1, 0.15) is 25.3 Å². The molecule has 0 spiro atoms. The van der Waals surface area contributed by atoms with Crippen LogP contribution in [0.4, 0.5) is 13.2 Å². The molecule has 0 unspecified atom stereocenters. The fourth-order valence-corrected chi connectivity index (χ4v) is 2.29. The molecule has 0 aliphatic heterocycles. The summed E-state index contributed by atoms with van der Waals surface area (Å²) in [7, 11) is 0. The van der Waals surface area contributed by atoms with Crippen LogP contribution in [0.2, 0.25) is 5.02 Å². The highest BCUT2D eigenvalue weighted by Gasteiger charge is 2.37. The number of hydrogen-bond donors (Lipinski definition) is 0. The van der Waals surface area contributed by atoms with Crippen molar-refractivity contribution in [3.05, 3.63) is 28.8 Å². The largest absolute Gasteiger partial charge is 0.489 e. The van der Waals surface area contributed by atoms with Gasteiger partial charge in [0.1, 0.15) is 11.9 Å². The molecule has 1 fully saturated rings. The van der Waals surface area contributed by atoms with Gasteiger partial charge in [-0.3, -0.25) is 4.79 Å². The molecule has 0 amide bonds. The second-order valence-electron chi connectivity index (χ2n) is 4.80. The average molecular weight is 323 g/mol. The smallest absolute Gasteiger partial charge is 0.416 e. The Labute approximate surface area is 125 Å². The van der Waals surface area contributed by atoms with Gasteiger partial charge in [0, 0.05) is 0 Å². The van der Waals surface area contributed by atoms with Crippen molar-refractivity contribution in [2.75, 3.05) is 6.61 Å². The van der Waals surface area contributed by atoms with Crippen molar-refractivity contribution >= 4 is 17.6 Å². The number of carbonyl (C=O) groups is 1. The zero-order valence-corrected chi connectivity index (χ0v) is 12.0. The van der Waals surface area contributed by atoms with Crippen LogP contribution in [0.15, 0.2) is 18.2 Å². The first-order chi connectivity index (χ1) is 9.81. The maximum atomic E-state index is 12.5. The molecule has 0 bridgehead atoms. The van der Waals surface area contributed by atoms with E-state index in [1.807, 2.05) is 0 Å². The van der Waals surface area contributed by atoms with E-state index in [2.05, 4.69) is 0 Å². The lowest BCUT2D eigenvalue weighted by Crippen LogP contribution is -2.39. The molecule has 1 saturated carbocycles. The van der Waals surface area contributed by atoms with Gasteiger partial charge < -0.3 is 9.47 Å². The number of benzene rings is 1. The molecular formula is C14H14ClF3O3. The Morgan fingerprint density at radius 1 is 1.38 bits per heavy atom. The van der Waals surface area contributed by atoms with E-state index >= 15 is 0 Å². The van der Waals surface area contributed by atoms with Crippen molar-refractivity contribution in [3.63, 3.8) is 0 Å². The monoisotopic (exact) mass is 322 g/mol. The molecule has 3 nitrogen and oxygen atoms in total. The van der Waals surface area contributed by atoms with Gasteiger partial charge in [-0.2, -0.15) is 13.2 Å². The minimum absolute atomic E-state index is 0.0931. The molecule has 0 heterocycles. The fourth-order valence-electron chi connectivity index (χ4n) is 2.07. The Balaban J connectivity index is 1.92. The van der Waals surface area contributed by atoms with Gasteiger partial charge in [0.05, 0.1) is 23.1 Å². The molecule has 1 aromatic carbocycles. The zero-order valence-electron chi connectivity index (χ0n) is 11.2. The third-order valence-electron chi connectivity index (χ3n) is 3.27. The lowest BCUT2D eigenvalue weighted by Gasteiger charge is -2.33. The molecular weight excluding hydrogens is 309 g/mol.